The smallest absolute Gasteiger partial charge is 0.312 e. The topological polar surface area (TPSA) is 77.8 Å². The second-order valence-corrected chi connectivity index (χ2v) is 7.56. The Morgan fingerprint density at radius 3 is 2.39 bits per heavy atom. The fourth-order valence-corrected chi connectivity index (χ4v) is 6.02. The summed E-state index contributed by atoms with van der Waals surface area (Å²) in [7, 11) is 1.88. The Balaban J connectivity index is 2.08. The Bertz CT molecular complexity index is 731. The van der Waals surface area contributed by atoms with Gasteiger partial charge in [-0.2, -0.15) is 0 Å². The van der Waals surface area contributed by atoms with Crippen LogP contribution < -0.4 is 0 Å². The monoisotopic (exact) mass is 315 g/mol. The number of carboxylic acids is 2. The van der Waals surface area contributed by atoms with Crippen LogP contribution in [0, 0.1) is 11.3 Å². The predicted octanol–water partition coefficient (Wildman–Crippen LogP) is 2.14. The van der Waals surface area contributed by atoms with E-state index in [1.807, 2.05) is 50.1 Å². The van der Waals surface area contributed by atoms with Gasteiger partial charge in [-0.1, -0.05) is 24.3 Å². The molecule has 5 heteroatoms. The summed E-state index contributed by atoms with van der Waals surface area (Å²) in [5.74, 6) is -3.05. The summed E-state index contributed by atoms with van der Waals surface area (Å²) in [6, 6.07) is 7.52. The molecular weight excluding hydrogens is 294 g/mol. The molecule has 5 nitrogen and oxygen atoms in total. The van der Waals surface area contributed by atoms with Crippen LogP contribution >= 0.6 is 0 Å². The standard InChI is InChI=1S/C18H21NO4/c1-9-18(16(22)23)12-8-17(2,19(9)3)14(15(20)21)13(18)11-7-5-4-6-10(11)12/h4-7,9,12-14H,8H2,1-3H3,(H,20,21)(H,22,23)/t9?,12?,13?,14-,17+,18?/m1/s1. The number of nitrogens with zero attached hydrogens (tertiary/aromatic N) is 1. The summed E-state index contributed by atoms with van der Waals surface area (Å²) >= 11 is 0. The van der Waals surface area contributed by atoms with Gasteiger partial charge in [0.2, 0.25) is 0 Å². The number of rotatable bonds is 2. The number of piperidine rings is 2. The van der Waals surface area contributed by atoms with E-state index in [4.69, 9.17) is 0 Å². The first kappa shape index (κ1) is 14.7. The van der Waals surface area contributed by atoms with Gasteiger partial charge in [0.1, 0.15) is 0 Å². The van der Waals surface area contributed by atoms with Gasteiger partial charge >= 0.3 is 11.9 Å². The van der Waals surface area contributed by atoms with Crippen molar-refractivity contribution in [2.75, 3.05) is 7.05 Å². The molecule has 23 heavy (non-hydrogen) atoms. The molecule has 6 atom stereocenters. The molecule has 0 spiro atoms. The largest absolute Gasteiger partial charge is 0.481 e. The number of benzene rings is 1. The lowest BCUT2D eigenvalue weighted by molar-refractivity contribution is -0.201. The third kappa shape index (κ3) is 1.34. The fourth-order valence-electron chi connectivity index (χ4n) is 6.02. The number of aliphatic carboxylic acids is 2. The van der Waals surface area contributed by atoms with Crippen molar-refractivity contribution in [2.45, 2.75) is 43.7 Å². The zero-order valence-corrected chi connectivity index (χ0v) is 13.5. The molecule has 2 saturated heterocycles. The average molecular weight is 315 g/mol. The van der Waals surface area contributed by atoms with Crippen molar-refractivity contribution < 1.29 is 19.8 Å². The fraction of sp³-hybridized carbons (Fsp3) is 0.556. The summed E-state index contributed by atoms with van der Waals surface area (Å²) in [4.78, 5) is 26.6. The van der Waals surface area contributed by atoms with E-state index in [9.17, 15) is 19.8 Å². The van der Waals surface area contributed by atoms with Gasteiger partial charge < -0.3 is 10.2 Å². The van der Waals surface area contributed by atoms with E-state index in [1.165, 1.54) is 0 Å². The van der Waals surface area contributed by atoms with Gasteiger partial charge in [-0.05, 0) is 38.4 Å². The Kier molecular flexibility index (Phi) is 2.65. The highest BCUT2D eigenvalue weighted by molar-refractivity contribution is 5.86. The number of carbonyl (C=O) groups is 2. The van der Waals surface area contributed by atoms with Gasteiger partial charge in [-0.25, -0.2) is 0 Å². The van der Waals surface area contributed by atoms with Crippen LogP contribution in [0.25, 0.3) is 0 Å². The lowest BCUT2D eigenvalue weighted by Gasteiger charge is -2.65. The Morgan fingerprint density at radius 1 is 1.22 bits per heavy atom. The van der Waals surface area contributed by atoms with Crippen molar-refractivity contribution in [1.29, 1.82) is 0 Å². The van der Waals surface area contributed by atoms with E-state index in [0.29, 0.717) is 6.42 Å². The lowest BCUT2D eigenvalue weighted by Crippen LogP contribution is -2.74. The quantitative estimate of drug-likeness (QED) is 0.874. The van der Waals surface area contributed by atoms with E-state index in [-0.39, 0.29) is 12.0 Å². The van der Waals surface area contributed by atoms with E-state index in [2.05, 4.69) is 0 Å². The van der Waals surface area contributed by atoms with E-state index >= 15 is 0 Å². The molecule has 2 heterocycles. The van der Waals surface area contributed by atoms with Crippen LogP contribution in [0.1, 0.15) is 43.2 Å². The predicted molar refractivity (Wildman–Crippen MR) is 83.4 cm³/mol. The molecule has 3 fully saturated rings. The summed E-state index contributed by atoms with van der Waals surface area (Å²) in [6.45, 7) is 3.93. The molecule has 1 saturated carbocycles. The van der Waals surface area contributed by atoms with E-state index < -0.39 is 34.7 Å². The SMILES string of the molecule is CC1N(C)[C@@]2(C)CC3c4ccccc4C([C@@H]2C(=O)O)C31C(=O)O. The van der Waals surface area contributed by atoms with Crippen molar-refractivity contribution in [3.63, 3.8) is 0 Å². The third-order valence-electron chi connectivity index (χ3n) is 7.13. The highest BCUT2D eigenvalue weighted by atomic mass is 16.4. The third-order valence-corrected chi connectivity index (χ3v) is 7.13. The zero-order chi connectivity index (χ0) is 16.7. The molecule has 2 N–H and O–H groups in total. The summed E-state index contributed by atoms with van der Waals surface area (Å²) < 4.78 is 0. The lowest BCUT2D eigenvalue weighted by atomic mass is 9.47. The molecule has 4 aliphatic rings. The maximum absolute atomic E-state index is 12.5. The van der Waals surface area contributed by atoms with Gasteiger partial charge in [-0.3, -0.25) is 14.5 Å². The number of carboxylic acid groups (broad SMARTS) is 2. The number of fused-ring (bicyclic) bond motifs is 2. The van der Waals surface area contributed by atoms with Crippen LogP contribution in [0.4, 0.5) is 0 Å². The molecule has 122 valence electrons. The first-order chi connectivity index (χ1) is 10.8. The molecule has 2 aliphatic carbocycles. The molecule has 0 amide bonds. The molecule has 0 aromatic heterocycles. The average Bonchev–Trinajstić information content (AvgIpc) is 2.71. The second-order valence-electron chi connectivity index (χ2n) is 7.56. The van der Waals surface area contributed by atoms with Gasteiger partial charge in [0.25, 0.3) is 0 Å². The van der Waals surface area contributed by atoms with Crippen LogP contribution in [0.2, 0.25) is 0 Å². The maximum atomic E-state index is 12.5. The highest BCUT2D eigenvalue weighted by Gasteiger charge is 2.76. The summed E-state index contributed by atoms with van der Waals surface area (Å²) in [5, 5.41) is 20.2. The Morgan fingerprint density at radius 2 is 1.83 bits per heavy atom. The van der Waals surface area contributed by atoms with Crippen LogP contribution in [-0.4, -0.2) is 45.7 Å². The minimum atomic E-state index is -1.06. The molecule has 2 aliphatic heterocycles. The van der Waals surface area contributed by atoms with Crippen molar-refractivity contribution >= 4 is 11.9 Å². The van der Waals surface area contributed by atoms with Crippen molar-refractivity contribution in [2.24, 2.45) is 11.3 Å². The molecule has 1 aromatic carbocycles. The molecule has 0 radical (unpaired) electrons. The minimum Gasteiger partial charge on any atom is -0.481 e. The van der Waals surface area contributed by atoms with Crippen LogP contribution in [0.5, 0.6) is 0 Å². The minimum absolute atomic E-state index is 0.118. The van der Waals surface area contributed by atoms with E-state index in [1.54, 1.807) is 0 Å². The van der Waals surface area contributed by atoms with Gasteiger partial charge in [0, 0.05) is 23.4 Å². The summed E-state index contributed by atoms with van der Waals surface area (Å²) in [5.41, 5.74) is 0.376. The molecule has 4 bridgehead atoms. The zero-order valence-electron chi connectivity index (χ0n) is 13.5. The van der Waals surface area contributed by atoms with Crippen molar-refractivity contribution in [3.8, 4) is 0 Å². The Hall–Kier alpha value is -1.88. The van der Waals surface area contributed by atoms with Gasteiger partial charge in [0.15, 0.2) is 0 Å². The first-order valence-electron chi connectivity index (χ1n) is 8.06. The van der Waals surface area contributed by atoms with Gasteiger partial charge in [0.05, 0.1) is 11.3 Å². The second kappa shape index (κ2) is 4.15. The van der Waals surface area contributed by atoms with Crippen LogP contribution in [-0.2, 0) is 9.59 Å². The van der Waals surface area contributed by atoms with Crippen molar-refractivity contribution in [1.82, 2.24) is 4.90 Å². The van der Waals surface area contributed by atoms with Crippen LogP contribution in [0.3, 0.4) is 0 Å². The van der Waals surface area contributed by atoms with E-state index in [0.717, 1.165) is 11.1 Å². The normalized spacial score (nSPS) is 44.1. The number of hydrogen-bond acceptors (Lipinski definition) is 3. The summed E-state index contributed by atoms with van der Waals surface area (Å²) in [6.07, 6.45) is 0.574. The highest BCUT2D eigenvalue weighted by Crippen LogP contribution is 2.72. The first-order valence-corrected chi connectivity index (χ1v) is 8.06. The maximum Gasteiger partial charge on any atom is 0.312 e. The Labute approximate surface area is 134 Å². The number of hydrogen-bond donors (Lipinski definition) is 2. The van der Waals surface area contributed by atoms with Crippen LogP contribution in [0.15, 0.2) is 24.3 Å². The molecular formula is C18H21NO4. The molecule has 5 rings (SSSR count). The van der Waals surface area contributed by atoms with Gasteiger partial charge in [-0.15, -0.1) is 0 Å². The molecule has 1 aromatic rings. The van der Waals surface area contributed by atoms with Crippen molar-refractivity contribution in [3.05, 3.63) is 35.4 Å². The molecule has 4 unspecified atom stereocenters.